The van der Waals surface area contributed by atoms with E-state index in [1.807, 2.05) is 0 Å². The Kier molecular flexibility index (Phi) is 6.95. The Labute approximate surface area is 120 Å². The molecule has 1 N–H and O–H groups in total. The lowest BCUT2D eigenvalue weighted by atomic mass is 10.2. The zero-order chi connectivity index (χ0) is 15.0. The highest BCUT2D eigenvalue weighted by Crippen LogP contribution is 2.22. The summed E-state index contributed by atoms with van der Waals surface area (Å²) in [7, 11) is -3.00. The minimum absolute atomic E-state index is 0.0465. The van der Waals surface area contributed by atoms with E-state index < -0.39 is 15.7 Å². The van der Waals surface area contributed by atoms with Crippen molar-refractivity contribution in [2.45, 2.75) is 26.3 Å². The quantitative estimate of drug-likeness (QED) is 0.710. The van der Waals surface area contributed by atoms with Crippen molar-refractivity contribution in [2.75, 3.05) is 25.2 Å². The van der Waals surface area contributed by atoms with Crippen molar-refractivity contribution in [3.05, 3.63) is 29.6 Å². The van der Waals surface area contributed by atoms with Crippen molar-refractivity contribution in [3.8, 4) is 5.75 Å². The van der Waals surface area contributed by atoms with E-state index in [0.29, 0.717) is 13.0 Å². The number of sulfone groups is 1. The molecule has 0 atom stereocenters. The van der Waals surface area contributed by atoms with Gasteiger partial charge in [0.05, 0.1) is 12.4 Å². The Morgan fingerprint density at radius 3 is 2.75 bits per heavy atom. The highest BCUT2D eigenvalue weighted by molar-refractivity contribution is 7.90. The van der Waals surface area contributed by atoms with Crippen LogP contribution < -0.4 is 10.1 Å². The van der Waals surface area contributed by atoms with Crippen LogP contribution in [0.1, 0.15) is 25.3 Å². The van der Waals surface area contributed by atoms with Crippen LogP contribution in [0, 0.1) is 5.82 Å². The molecule has 6 heteroatoms. The van der Waals surface area contributed by atoms with E-state index in [1.54, 1.807) is 12.1 Å². The molecule has 0 bridgehead atoms. The van der Waals surface area contributed by atoms with Crippen LogP contribution in [-0.2, 0) is 16.4 Å². The van der Waals surface area contributed by atoms with E-state index in [2.05, 4.69) is 12.2 Å². The van der Waals surface area contributed by atoms with Crippen LogP contribution >= 0.6 is 0 Å². The molecule has 1 aromatic rings. The zero-order valence-corrected chi connectivity index (χ0v) is 12.8. The normalized spacial score (nSPS) is 11.6. The third-order valence-corrected chi connectivity index (χ3v) is 3.73. The Balaban J connectivity index is 2.58. The highest BCUT2D eigenvalue weighted by atomic mass is 32.2. The second-order valence-electron chi connectivity index (χ2n) is 4.74. The predicted molar refractivity (Wildman–Crippen MR) is 78.2 cm³/mol. The van der Waals surface area contributed by atoms with Gasteiger partial charge >= 0.3 is 0 Å². The van der Waals surface area contributed by atoms with Crippen LogP contribution in [0.25, 0.3) is 0 Å². The summed E-state index contributed by atoms with van der Waals surface area (Å²) >= 11 is 0. The molecule has 0 heterocycles. The Morgan fingerprint density at radius 2 is 2.10 bits per heavy atom. The summed E-state index contributed by atoms with van der Waals surface area (Å²) in [4.78, 5) is 0. The van der Waals surface area contributed by atoms with Crippen molar-refractivity contribution in [3.63, 3.8) is 0 Å². The molecule has 0 spiro atoms. The Morgan fingerprint density at radius 1 is 1.35 bits per heavy atom. The largest absolute Gasteiger partial charge is 0.490 e. The first-order chi connectivity index (χ1) is 9.44. The van der Waals surface area contributed by atoms with Gasteiger partial charge in [-0.05, 0) is 25.5 Å². The molecule has 0 radical (unpaired) electrons. The van der Waals surface area contributed by atoms with Crippen molar-refractivity contribution in [2.24, 2.45) is 0 Å². The van der Waals surface area contributed by atoms with Gasteiger partial charge in [0.1, 0.15) is 9.84 Å². The van der Waals surface area contributed by atoms with Gasteiger partial charge in [-0.3, -0.25) is 0 Å². The van der Waals surface area contributed by atoms with Crippen molar-refractivity contribution in [1.82, 2.24) is 5.32 Å². The minimum Gasteiger partial charge on any atom is -0.490 e. The van der Waals surface area contributed by atoms with Gasteiger partial charge in [0, 0.05) is 18.4 Å². The second-order valence-corrected chi connectivity index (χ2v) is 7.00. The fraction of sp³-hybridized carbons (Fsp3) is 0.571. The lowest BCUT2D eigenvalue weighted by molar-refractivity contribution is 0.297. The van der Waals surface area contributed by atoms with E-state index >= 15 is 0 Å². The molecule has 1 rings (SSSR count). The third-order valence-electron chi connectivity index (χ3n) is 2.70. The molecule has 0 unspecified atom stereocenters. The molecule has 0 saturated heterocycles. The summed E-state index contributed by atoms with van der Waals surface area (Å²) in [5, 5.41) is 3.19. The molecular formula is C14H22FNO3S. The maximum atomic E-state index is 13.7. The van der Waals surface area contributed by atoms with Gasteiger partial charge in [-0.2, -0.15) is 0 Å². The number of nitrogens with one attached hydrogen (secondary N) is 1. The predicted octanol–water partition coefficient (Wildman–Crippen LogP) is 2.14. The van der Waals surface area contributed by atoms with Gasteiger partial charge in [0.2, 0.25) is 0 Å². The molecule has 114 valence electrons. The minimum atomic E-state index is -3.00. The molecule has 1 aromatic carbocycles. The number of halogens is 1. The summed E-state index contributed by atoms with van der Waals surface area (Å²) < 4.78 is 41.2. The number of rotatable bonds is 9. The Hall–Kier alpha value is -1.14. The fourth-order valence-corrected chi connectivity index (χ4v) is 2.39. The molecule has 20 heavy (non-hydrogen) atoms. The average molecular weight is 303 g/mol. The maximum Gasteiger partial charge on any atom is 0.165 e. The van der Waals surface area contributed by atoms with Crippen LogP contribution in [0.15, 0.2) is 18.2 Å². The fourth-order valence-electron chi connectivity index (χ4n) is 1.75. The Bertz CT molecular complexity index is 517. The first-order valence-electron chi connectivity index (χ1n) is 6.72. The molecular weight excluding hydrogens is 281 g/mol. The van der Waals surface area contributed by atoms with Gasteiger partial charge in [0.15, 0.2) is 11.6 Å². The number of ether oxygens (including phenoxy) is 1. The molecule has 0 aliphatic rings. The second kappa shape index (κ2) is 8.21. The summed E-state index contributed by atoms with van der Waals surface area (Å²) in [5.74, 6) is -0.157. The van der Waals surface area contributed by atoms with Gasteiger partial charge in [-0.1, -0.05) is 19.1 Å². The van der Waals surface area contributed by atoms with Gasteiger partial charge < -0.3 is 10.1 Å². The summed E-state index contributed by atoms with van der Waals surface area (Å²) in [6, 6.07) is 4.79. The molecule has 4 nitrogen and oxygen atoms in total. The number of benzene rings is 1. The van der Waals surface area contributed by atoms with Crippen molar-refractivity contribution >= 4 is 9.84 Å². The first kappa shape index (κ1) is 16.9. The highest BCUT2D eigenvalue weighted by Gasteiger charge is 2.10. The summed E-state index contributed by atoms with van der Waals surface area (Å²) in [6.45, 7) is 3.63. The van der Waals surface area contributed by atoms with Crippen LogP contribution in [0.4, 0.5) is 4.39 Å². The van der Waals surface area contributed by atoms with Crippen LogP contribution in [0.3, 0.4) is 0 Å². The van der Waals surface area contributed by atoms with E-state index in [1.165, 1.54) is 12.3 Å². The van der Waals surface area contributed by atoms with Gasteiger partial charge in [-0.15, -0.1) is 0 Å². The van der Waals surface area contributed by atoms with E-state index in [-0.39, 0.29) is 18.1 Å². The maximum absolute atomic E-state index is 13.7. The number of hydrogen-bond donors (Lipinski definition) is 1. The lowest BCUT2D eigenvalue weighted by Crippen LogP contribution is -2.16. The van der Waals surface area contributed by atoms with Crippen molar-refractivity contribution < 1.29 is 17.5 Å². The van der Waals surface area contributed by atoms with Crippen LogP contribution in [0.2, 0.25) is 0 Å². The van der Waals surface area contributed by atoms with Gasteiger partial charge in [0.25, 0.3) is 0 Å². The molecule has 0 amide bonds. The van der Waals surface area contributed by atoms with Crippen LogP contribution in [-0.4, -0.2) is 33.6 Å². The molecule has 0 saturated carbocycles. The smallest absolute Gasteiger partial charge is 0.165 e. The SMILES string of the molecule is CCCNCc1cccc(F)c1OCCCS(C)(=O)=O. The number of para-hydroxylation sites is 1. The standard InChI is InChI=1S/C14H22FNO3S/c1-3-8-16-11-12-6-4-7-13(15)14(12)19-9-5-10-20(2,17)18/h4,6-7,16H,3,5,8-11H2,1-2H3. The molecule has 0 aliphatic heterocycles. The lowest BCUT2D eigenvalue weighted by Gasteiger charge is -2.12. The zero-order valence-electron chi connectivity index (χ0n) is 12.0. The third kappa shape index (κ3) is 6.34. The summed E-state index contributed by atoms with van der Waals surface area (Å²) in [6.07, 6.45) is 2.53. The van der Waals surface area contributed by atoms with Crippen molar-refractivity contribution in [1.29, 1.82) is 0 Å². The average Bonchev–Trinajstić information content (AvgIpc) is 2.36. The van der Waals surface area contributed by atoms with E-state index in [4.69, 9.17) is 4.74 Å². The number of hydrogen-bond acceptors (Lipinski definition) is 4. The molecule has 0 aromatic heterocycles. The van der Waals surface area contributed by atoms with Crippen LogP contribution in [0.5, 0.6) is 5.75 Å². The topological polar surface area (TPSA) is 55.4 Å². The summed E-state index contributed by atoms with van der Waals surface area (Å²) in [5.41, 5.74) is 0.748. The monoisotopic (exact) mass is 303 g/mol. The molecule has 0 fully saturated rings. The van der Waals surface area contributed by atoms with Gasteiger partial charge in [-0.25, -0.2) is 12.8 Å². The first-order valence-corrected chi connectivity index (χ1v) is 8.78. The van der Waals surface area contributed by atoms with E-state index in [9.17, 15) is 12.8 Å². The van der Waals surface area contributed by atoms with E-state index in [0.717, 1.165) is 18.5 Å². The molecule has 0 aliphatic carbocycles.